The van der Waals surface area contributed by atoms with E-state index in [1.165, 1.54) is 19.3 Å². The third-order valence-corrected chi connectivity index (χ3v) is 7.18. The van der Waals surface area contributed by atoms with E-state index in [4.69, 9.17) is 9.73 Å². The molecule has 3 aliphatic rings. The molecule has 1 saturated carbocycles. The van der Waals surface area contributed by atoms with Gasteiger partial charge in [-0.1, -0.05) is 37.5 Å². The number of aromatic hydroxyl groups is 1. The number of piperazine rings is 1. The Hall–Kier alpha value is -3.38. The summed E-state index contributed by atoms with van der Waals surface area (Å²) in [5, 5.41) is 37.4. The minimum absolute atomic E-state index is 0.149. The molecule has 5 rings (SSSR count). The zero-order valence-electron chi connectivity index (χ0n) is 20.4. The highest BCUT2D eigenvalue weighted by Gasteiger charge is 2.30. The summed E-state index contributed by atoms with van der Waals surface area (Å²) in [7, 11) is 0. The molecule has 8 heteroatoms. The number of hydrogen-bond acceptors (Lipinski definition) is 8. The number of nitrogens with zero attached hydrogens (tertiary/aromatic N) is 3. The molecular weight excluding hydrogens is 454 g/mol. The number of phenols is 1. The molecule has 1 atom stereocenters. The van der Waals surface area contributed by atoms with Crippen LogP contribution in [-0.4, -0.2) is 60.0 Å². The van der Waals surface area contributed by atoms with Crippen molar-refractivity contribution in [1.82, 2.24) is 10.2 Å². The largest absolute Gasteiger partial charge is 0.508 e. The van der Waals surface area contributed by atoms with Crippen molar-refractivity contribution in [3.05, 3.63) is 53.7 Å². The minimum Gasteiger partial charge on any atom is -0.508 e. The van der Waals surface area contributed by atoms with Gasteiger partial charge in [0.05, 0.1) is 18.0 Å². The van der Waals surface area contributed by atoms with Gasteiger partial charge in [-0.2, -0.15) is 5.26 Å². The van der Waals surface area contributed by atoms with Crippen LogP contribution in [0.2, 0.25) is 0 Å². The van der Waals surface area contributed by atoms with Crippen molar-refractivity contribution < 1.29 is 14.9 Å². The highest BCUT2D eigenvalue weighted by molar-refractivity contribution is 6.07. The molecule has 2 heterocycles. The van der Waals surface area contributed by atoms with Crippen LogP contribution in [0.25, 0.3) is 11.1 Å². The van der Waals surface area contributed by atoms with Gasteiger partial charge in [0, 0.05) is 26.2 Å². The van der Waals surface area contributed by atoms with Crippen molar-refractivity contribution in [2.75, 3.05) is 38.1 Å². The van der Waals surface area contributed by atoms with E-state index in [1.54, 1.807) is 12.1 Å². The summed E-state index contributed by atoms with van der Waals surface area (Å²) in [6.45, 7) is 3.57. The summed E-state index contributed by atoms with van der Waals surface area (Å²) >= 11 is 0. The van der Waals surface area contributed by atoms with E-state index in [0.29, 0.717) is 24.1 Å². The SMILES string of the molecule is N#C/C(=C1/Nc2ccc(-c3ccc(O)cc3)cc2N=C1N1CCNCC1)C(O)OCC1CCCCC1. The van der Waals surface area contributed by atoms with Gasteiger partial charge in [0.1, 0.15) is 23.1 Å². The molecule has 0 amide bonds. The highest BCUT2D eigenvalue weighted by Crippen LogP contribution is 2.37. The van der Waals surface area contributed by atoms with Gasteiger partial charge in [0.15, 0.2) is 12.1 Å². The van der Waals surface area contributed by atoms with Crippen molar-refractivity contribution in [1.29, 1.82) is 5.26 Å². The van der Waals surface area contributed by atoms with Gasteiger partial charge in [-0.3, -0.25) is 0 Å². The number of aliphatic imine (C=N–C) groups is 1. The lowest BCUT2D eigenvalue weighted by Crippen LogP contribution is -2.48. The van der Waals surface area contributed by atoms with Gasteiger partial charge >= 0.3 is 0 Å². The van der Waals surface area contributed by atoms with Crippen molar-refractivity contribution in [2.24, 2.45) is 10.9 Å². The molecule has 0 bridgehead atoms. The molecule has 4 N–H and O–H groups in total. The number of phenolic OH excluding ortho intramolecular Hbond substituents is 1. The molecular formula is C28H33N5O3. The van der Waals surface area contributed by atoms with E-state index in [-0.39, 0.29) is 11.3 Å². The van der Waals surface area contributed by atoms with Gasteiger partial charge < -0.3 is 30.5 Å². The maximum atomic E-state index is 10.9. The Bertz CT molecular complexity index is 1170. The highest BCUT2D eigenvalue weighted by atomic mass is 16.6. The summed E-state index contributed by atoms with van der Waals surface area (Å²) in [6, 6.07) is 15.2. The van der Waals surface area contributed by atoms with E-state index in [9.17, 15) is 15.5 Å². The molecule has 1 saturated heterocycles. The Kier molecular flexibility index (Phi) is 7.52. The standard InChI is InChI=1S/C28H33N5O3/c29-17-23(28(35)36-18-19-4-2-1-3-5-19)26-27(33-14-12-30-13-15-33)32-25-16-21(8-11-24(25)31-26)20-6-9-22(34)10-7-20/h6-11,16,19,28,30-31,34-35H,1-5,12-15,18H2/b26-23-. The lowest BCUT2D eigenvalue weighted by atomic mass is 9.90. The van der Waals surface area contributed by atoms with Crippen molar-refractivity contribution >= 4 is 17.2 Å². The Labute approximate surface area is 211 Å². The fraction of sp³-hybridized carbons (Fsp3) is 0.429. The summed E-state index contributed by atoms with van der Waals surface area (Å²) in [6.07, 6.45) is 4.54. The van der Waals surface area contributed by atoms with Crippen molar-refractivity contribution in [3.63, 3.8) is 0 Å². The maximum Gasteiger partial charge on any atom is 0.193 e. The van der Waals surface area contributed by atoms with Crippen LogP contribution in [0, 0.1) is 17.2 Å². The number of fused-ring (bicyclic) bond motifs is 1. The molecule has 0 spiro atoms. The molecule has 1 unspecified atom stereocenters. The van der Waals surface area contributed by atoms with Gasteiger partial charge in [-0.25, -0.2) is 4.99 Å². The average molecular weight is 488 g/mol. The number of anilines is 1. The van der Waals surface area contributed by atoms with Crippen molar-refractivity contribution in [2.45, 2.75) is 38.4 Å². The van der Waals surface area contributed by atoms with Crippen LogP contribution in [0.3, 0.4) is 0 Å². The number of aliphatic hydroxyl groups is 1. The first kappa shape index (κ1) is 24.3. The van der Waals surface area contributed by atoms with Crippen LogP contribution < -0.4 is 10.6 Å². The minimum atomic E-state index is -1.31. The quantitative estimate of drug-likeness (QED) is 0.371. The normalized spacial score (nSPS) is 20.6. The molecule has 8 nitrogen and oxygen atoms in total. The fourth-order valence-electron chi connectivity index (χ4n) is 5.12. The second kappa shape index (κ2) is 11.1. The molecule has 2 fully saturated rings. The monoisotopic (exact) mass is 487 g/mol. The first-order valence-corrected chi connectivity index (χ1v) is 12.8. The van der Waals surface area contributed by atoms with Gasteiger partial charge in [0.25, 0.3) is 0 Å². The maximum absolute atomic E-state index is 10.9. The number of hydrogen-bond donors (Lipinski definition) is 4. The van der Waals surface area contributed by atoms with Crippen LogP contribution in [0.5, 0.6) is 5.75 Å². The molecule has 2 aliphatic heterocycles. The smallest absolute Gasteiger partial charge is 0.193 e. The average Bonchev–Trinajstić information content (AvgIpc) is 2.93. The second-order valence-corrected chi connectivity index (χ2v) is 9.67. The van der Waals surface area contributed by atoms with E-state index in [2.05, 4.69) is 21.6 Å². The van der Waals surface area contributed by atoms with Gasteiger partial charge in [0.2, 0.25) is 0 Å². The van der Waals surface area contributed by atoms with Crippen LogP contribution in [0.15, 0.2) is 58.7 Å². The molecule has 188 valence electrons. The van der Waals surface area contributed by atoms with E-state index >= 15 is 0 Å². The fourth-order valence-corrected chi connectivity index (χ4v) is 5.12. The molecule has 2 aromatic rings. The zero-order chi connectivity index (χ0) is 24.9. The number of rotatable bonds is 5. The summed E-state index contributed by atoms with van der Waals surface area (Å²) < 4.78 is 5.83. The first-order chi connectivity index (χ1) is 17.6. The Morgan fingerprint density at radius 3 is 2.53 bits per heavy atom. The number of amidine groups is 1. The topological polar surface area (TPSA) is 113 Å². The third-order valence-electron chi connectivity index (χ3n) is 7.18. The summed E-state index contributed by atoms with van der Waals surface area (Å²) in [5.74, 6) is 1.29. The summed E-state index contributed by atoms with van der Waals surface area (Å²) in [4.78, 5) is 7.12. The van der Waals surface area contributed by atoms with E-state index in [1.807, 2.05) is 30.3 Å². The van der Waals surface area contributed by atoms with Crippen LogP contribution in [0.4, 0.5) is 11.4 Å². The van der Waals surface area contributed by atoms with Crippen LogP contribution in [-0.2, 0) is 4.74 Å². The molecule has 36 heavy (non-hydrogen) atoms. The Balaban J connectivity index is 1.47. The molecule has 0 radical (unpaired) electrons. The number of aliphatic hydroxyl groups excluding tert-OH is 1. The zero-order valence-corrected chi connectivity index (χ0v) is 20.4. The Morgan fingerprint density at radius 2 is 1.81 bits per heavy atom. The predicted molar refractivity (Wildman–Crippen MR) is 140 cm³/mol. The molecule has 0 aromatic heterocycles. The van der Waals surface area contributed by atoms with E-state index in [0.717, 1.165) is 61.5 Å². The van der Waals surface area contributed by atoms with Crippen molar-refractivity contribution in [3.8, 4) is 22.9 Å². The van der Waals surface area contributed by atoms with Crippen LogP contribution >= 0.6 is 0 Å². The number of benzene rings is 2. The second-order valence-electron chi connectivity index (χ2n) is 9.67. The number of nitrogens with one attached hydrogen (secondary N) is 2. The third kappa shape index (κ3) is 5.39. The van der Waals surface area contributed by atoms with Gasteiger partial charge in [-0.15, -0.1) is 0 Å². The summed E-state index contributed by atoms with van der Waals surface area (Å²) in [5.41, 5.74) is 4.12. The van der Waals surface area contributed by atoms with Gasteiger partial charge in [-0.05, 0) is 54.2 Å². The molecule has 2 aromatic carbocycles. The first-order valence-electron chi connectivity index (χ1n) is 12.8. The lowest BCUT2D eigenvalue weighted by molar-refractivity contribution is -0.0846. The van der Waals surface area contributed by atoms with Crippen LogP contribution in [0.1, 0.15) is 32.1 Å². The number of nitriles is 1. The Morgan fingerprint density at radius 1 is 1.08 bits per heavy atom. The lowest BCUT2D eigenvalue weighted by Gasteiger charge is -2.34. The molecule has 1 aliphatic carbocycles. The predicted octanol–water partition coefficient (Wildman–Crippen LogP) is 4.11. The number of ether oxygens (including phenoxy) is 1. The van der Waals surface area contributed by atoms with E-state index < -0.39 is 6.29 Å².